The molecule has 0 radical (unpaired) electrons. The van der Waals surface area contributed by atoms with Crippen LogP contribution in [0.5, 0.6) is 0 Å². The summed E-state index contributed by atoms with van der Waals surface area (Å²) in [6, 6.07) is 6.38. The van der Waals surface area contributed by atoms with E-state index in [0.29, 0.717) is 17.1 Å². The summed E-state index contributed by atoms with van der Waals surface area (Å²) in [7, 11) is 0. The monoisotopic (exact) mass is 204 g/mol. The number of nitrogens with two attached hydrogens (primary N) is 1. The second kappa shape index (κ2) is 5.10. The lowest BCUT2D eigenvalue weighted by Crippen LogP contribution is -2.03. The molecule has 0 aliphatic heterocycles. The van der Waals surface area contributed by atoms with Crippen molar-refractivity contribution in [2.75, 3.05) is 0 Å². The lowest BCUT2D eigenvalue weighted by molar-refractivity contribution is 0.625. The molecule has 78 valence electrons. The third-order valence-corrected chi connectivity index (χ3v) is 1.89. The SMILES string of the molecule is C=CC(=N/C(N)=C\C)c1ccccc1F. The van der Waals surface area contributed by atoms with Crippen LogP contribution in [0.25, 0.3) is 0 Å². The van der Waals surface area contributed by atoms with Crippen molar-refractivity contribution in [2.24, 2.45) is 10.7 Å². The second-order valence-electron chi connectivity index (χ2n) is 2.89. The highest BCUT2D eigenvalue weighted by Crippen LogP contribution is 2.09. The van der Waals surface area contributed by atoms with Gasteiger partial charge in [-0.3, -0.25) is 0 Å². The van der Waals surface area contributed by atoms with Gasteiger partial charge in [-0.1, -0.05) is 18.7 Å². The highest BCUT2D eigenvalue weighted by atomic mass is 19.1. The Labute approximate surface area is 88.6 Å². The van der Waals surface area contributed by atoms with Crippen LogP contribution in [0.2, 0.25) is 0 Å². The molecule has 1 aromatic rings. The van der Waals surface area contributed by atoms with E-state index in [1.165, 1.54) is 12.1 Å². The summed E-state index contributed by atoms with van der Waals surface area (Å²) in [6.07, 6.45) is 3.12. The molecule has 0 atom stereocenters. The summed E-state index contributed by atoms with van der Waals surface area (Å²) < 4.78 is 13.4. The minimum atomic E-state index is -0.333. The summed E-state index contributed by atoms with van der Waals surface area (Å²) in [6.45, 7) is 5.35. The molecule has 0 heterocycles. The van der Waals surface area contributed by atoms with E-state index in [4.69, 9.17) is 5.73 Å². The molecule has 0 aromatic heterocycles. The molecule has 0 saturated carbocycles. The topological polar surface area (TPSA) is 38.4 Å². The zero-order valence-corrected chi connectivity index (χ0v) is 8.57. The maximum atomic E-state index is 13.4. The van der Waals surface area contributed by atoms with E-state index in [-0.39, 0.29) is 5.82 Å². The van der Waals surface area contributed by atoms with Crippen LogP contribution < -0.4 is 5.73 Å². The third kappa shape index (κ3) is 2.77. The number of hydrogen-bond donors (Lipinski definition) is 1. The average Bonchev–Trinajstić information content (AvgIpc) is 2.26. The van der Waals surface area contributed by atoms with E-state index in [2.05, 4.69) is 11.6 Å². The summed E-state index contributed by atoms with van der Waals surface area (Å²) in [5.41, 5.74) is 6.37. The van der Waals surface area contributed by atoms with Gasteiger partial charge in [0.25, 0.3) is 0 Å². The van der Waals surface area contributed by atoms with Gasteiger partial charge in [0, 0.05) is 5.56 Å². The molecule has 2 N–H and O–H groups in total. The van der Waals surface area contributed by atoms with Crippen molar-refractivity contribution in [3.63, 3.8) is 0 Å². The molecule has 0 bridgehead atoms. The van der Waals surface area contributed by atoms with Crippen molar-refractivity contribution in [1.82, 2.24) is 0 Å². The molecule has 3 heteroatoms. The van der Waals surface area contributed by atoms with Crippen LogP contribution in [0.3, 0.4) is 0 Å². The Balaban J connectivity index is 3.20. The summed E-state index contributed by atoms with van der Waals surface area (Å²) in [5.74, 6) is 0.00760. The number of halogens is 1. The number of aliphatic imine (C=N–C) groups is 1. The van der Waals surface area contributed by atoms with Crippen molar-refractivity contribution in [3.8, 4) is 0 Å². The fraction of sp³-hybridized carbons (Fsp3) is 0.0833. The molecular weight excluding hydrogens is 191 g/mol. The van der Waals surface area contributed by atoms with Gasteiger partial charge in [-0.2, -0.15) is 0 Å². The molecular formula is C12H13FN2. The molecule has 0 saturated heterocycles. The zero-order valence-electron chi connectivity index (χ0n) is 8.57. The van der Waals surface area contributed by atoms with Gasteiger partial charge in [0.15, 0.2) is 0 Å². The molecule has 1 rings (SSSR count). The molecule has 15 heavy (non-hydrogen) atoms. The first kappa shape index (κ1) is 11.2. The van der Waals surface area contributed by atoms with Crippen molar-refractivity contribution >= 4 is 5.71 Å². The van der Waals surface area contributed by atoms with Crippen molar-refractivity contribution in [2.45, 2.75) is 6.92 Å². The van der Waals surface area contributed by atoms with Gasteiger partial charge in [-0.15, -0.1) is 0 Å². The van der Waals surface area contributed by atoms with Gasteiger partial charge in [-0.05, 0) is 31.2 Å². The number of hydrogen-bond acceptors (Lipinski definition) is 2. The van der Waals surface area contributed by atoms with E-state index in [1.807, 2.05) is 0 Å². The van der Waals surface area contributed by atoms with Crippen LogP contribution in [-0.4, -0.2) is 5.71 Å². The molecule has 0 spiro atoms. The van der Waals surface area contributed by atoms with Crippen LogP contribution in [-0.2, 0) is 0 Å². The minimum absolute atomic E-state index is 0.333. The molecule has 0 aliphatic rings. The Bertz CT molecular complexity index is 419. The standard InChI is InChI=1S/C12H13FN2/c1-3-11(15-12(14)4-2)9-7-5-6-8-10(9)13/h3-8H,1,14H2,2H3/b12-4-,15-11?. The Kier molecular flexibility index (Phi) is 3.80. The Hall–Kier alpha value is -1.90. The van der Waals surface area contributed by atoms with Gasteiger partial charge in [-0.25, -0.2) is 9.38 Å². The van der Waals surface area contributed by atoms with E-state index in [0.717, 1.165) is 0 Å². The quantitative estimate of drug-likeness (QED) is 0.755. The maximum absolute atomic E-state index is 13.4. The lowest BCUT2D eigenvalue weighted by atomic mass is 10.1. The van der Waals surface area contributed by atoms with Crippen molar-refractivity contribution < 1.29 is 4.39 Å². The van der Waals surface area contributed by atoms with Gasteiger partial charge in [0.1, 0.15) is 11.6 Å². The Morgan fingerprint density at radius 3 is 2.67 bits per heavy atom. The maximum Gasteiger partial charge on any atom is 0.132 e. The van der Waals surface area contributed by atoms with Crippen LogP contribution in [0, 0.1) is 5.82 Å². The van der Waals surface area contributed by atoms with Crippen LogP contribution in [0.4, 0.5) is 4.39 Å². The Morgan fingerprint density at radius 2 is 2.13 bits per heavy atom. The number of allylic oxidation sites excluding steroid dienone is 2. The largest absolute Gasteiger partial charge is 0.384 e. The first-order valence-electron chi connectivity index (χ1n) is 4.57. The van der Waals surface area contributed by atoms with E-state index >= 15 is 0 Å². The van der Waals surface area contributed by atoms with E-state index in [9.17, 15) is 4.39 Å². The number of rotatable bonds is 3. The average molecular weight is 204 g/mol. The van der Waals surface area contributed by atoms with Gasteiger partial charge in [0.05, 0.1) is 5.71 Å². The van der Waals surface area contributed by atoms with Gasteiger partial charge >= 0.3 is 0 Å². The Morgan fingerprint density at radius 1 is 1.47 bits per heavy atom. The molecule has 0 unspecified atom stereocenters. The molecule has 1 aromatic carbocycles. The van der Waals surface area contributed by atoms with Gasteiger partial charge < -0.3 is 5.73 Å². The highest BCUT2D eigenvalue weighted by molar-refractivity contribution is 6.09. The van der Waals surface area contributed by atoms with E-state index < -0.39 is 0 Å². The van der Waals surface area contributed by atoms with Crippen LogP contribution in [0.1, 0.15) is 12.5 Å². The number of nitrogens with zero attached hydrogens (tertiary/aromatic N) is 1. The van der Waals surface area contributed by atoms with Crippen molar-refractivity contribution in [1.29, 1.82) is 0 Å². The van der Waals surface area contributed by atoms with Gasteiger partial charge in [0.2, 0.25) is 0 Å². The normalized spacial score (nSPS) is 12.7. The fourth-order valence-electron chi connectivity index (χ4n) is 1.09. The van der Waals surface area contributed by atoms with Crippen LogP contribution >= 0.6 is 0 Å². The smallest absolute Gasteiger partial charge is 0.132 e. The van der Waals surface area contributed by atoms with Crippen LogP contribution in [0.15, 0.2) is 53.8 Å². The predicted octanol–water partition coefficient (Wildman–Crippen LogP) is 2.62. The first-order chi connectivity index (χ1) is 7.19. The third-order valence-electron chi connectivity index (χ3n) is 1.89. The molecule has 0 fully saturated rings. The fourth-order valence-corrected chi connectivity index (χ4v) is 1.09. The molecule has 2 nitrogen and oxygen atoms in total. The summed E-state index contributed by atoms with van der Waals surface area (Å²) >= 11 is 0. The number of benzene rings is 1. The molecule has 0 aliphatic carbocycles. The van der Waals surface area contributed by atoms with E-state index in [1.54, 1.807) is 31.2 Å². The first-order valence-corrected chi connectivity index (χ1v) is 4.57. The van der Waals surface area contributed by atoms with Crippen molar-refractivity contribution in [3.05, 3.63) is 60.2 Å². The lowest BCUT2D eigenvalue weighted by Gasteiger charge is -2.02. The second-order valence-corrected chi connectivity index (χ2v) is 2.89. The predicted molar refractivity (Wildman–Crippen MR) is 61.1 cm³/mol. The molecule has 0 amide bonds. The summed E-state index contributed by atoms with van der Waals surface area (Å²) in [4.78, 5) is 4.04. The highest BCUT2D eigenvalue weighted by Gasteiger charge is 2.05. The minimum Gasteiger partial charge on any atom is -0.384 e. The zero-order chi connectivity index (χ0) is 11.3. The summed E-state index contributed by atoms with van der Waals surface area (Å²) in [5, 5.41) is 0.